The molecule has 1 saturated heterocycles. The lowest BCUT2D eigenvalue weighted by molar-refractivity contribution is -0.192. The van der Waals surface area contributed by atoms with E-state index in [2.05, 4.69) is 26.6 Å². The highest BCUT2D eigenvalue weighted by Crippen LogP contribution is 2.21. The first-order valence-corrected chi connectivity index (χ1v) is 19.9. The van der Waals surface area contributed by atoms with Crippen LogP contribution >= 0.6 is 0 Å². The van der Waals surface area contributed by atoms with Crippen molar-refractivity contribution < 1.29 is 72.0 Å². The number of nitrogens with zero attached hydrogens (tertiary/aromatic N) is 1. The summed E-state index contributed by atoms with van der Waals surface area (Å²) >= 11 is 0. The van der Waals surface area contributed by atoms with Crippen molar-refractivity contribution in [3.8, 4) is 11.5 Å². The first-order chi connectivity index (χ1) is 30.6. The number of nitrogens with two attached hydrogens (primary N) is 2. The molecule has 6 atom stereocenters. The fraction of sp³-hybridized carbons (Fsp3) is 0.381. The zero-order valence-electron chi connectivity index (χ0n) is 34.9. The van der Waals surface area contributed by atoms with Crippen molar-refractivity contribution in [3.05, 3.63) is 95.6 Å². The van der Waals surface area contributed by atoms with Crippen LogP contribution < -0.4 is 38.1 Å². The zero-order valence-corrected chi connectivity index (χ0v) is 34.9. The van der Waals surface area contributed by atoms with Crippen molar-refractivity contribution in [2.75, 3.05) is 19.7 Å². The van der Waals surface area contributed by atoms with Crippen molar-refractivity contribution in [2.45, 2.75) is 81.5 Å². The molecule has 7 amide bonds. The summed E-state index contributed by atoms with van der Waals surface area (Å²) in [5.74, 6) is -7.83. The monoisotopic (exact) mass is 916 g/mol. The zero-order chi connectivity index (χ0) is 48.4. The molecule has 65 heavy (non-hydrogen) atoms. The number of alkyl halides is 3. The van der Waals surface area contributed by atoms with E-state index in [1.165, 1.54) is 36.1 Å². The average Bonchev–Trinajstić information content (AvgIpc) is 3.76. The summed E-state index contributed by atoms with van der Waals surface area (Å²) < 4.78 is 31.7. The Balaban J connectivity index is 0.00000148. The second-order valence-electron chi connectivity index (χ2n) is 14.8. The number of amides is 7. The Morgan fingerprint density at radius 3 is 1.77 bits per heavy atom. The lowest BCUT2D eigenvalue weighted by Crippen LogP contribution is -2.58. The Kier molecular flexibility index (Phi) is 19.7. The van der Waals surface area contributed by atoms with Gasteiger partial charge in [0, 0.05) is 19.4 Å². The molecule has 1 aliphatic heterocycles. The number of aliphatic hydroxyl groups excluding tert-OH is 1. The highest BCUT2D eigenvalue weighted by Gasteiger charge is 2.39. The maximum absolute atomic E-state index is 14.0. The fourth-order valence-corrected chi connectivity index (χ4v) is 6.30. The van der Waals surface area contributed by atoms with Gasteiger partial charge in [-0.3, -0.25) is 33.6 Å². The Hall–Kier alpha value is -7.27. The number of nitrogens with one attached hydrogen (secondary N) is 5. The number of carbonyl (C=O) groups excluding carboxylic acids is 7. The molecule has 352 valence electrons. The van der Waals surface area contributed by atoms with Crippen LogP contribution in [-0.4, -0.2) is 135 Å². The van der Waals surface area contributed by atoms with E-state index in [0.29, 0.717) is 23.1 Å². The van der Waals surface area contributed by atoms with E-state index < -0.39 is 103 Å². The van der Waals surface area contributed by atoms with E-state index in [1.807, 2.05) is 0 Å². The third-order valence-corrected chi connectivity index (χ3v) is 9.75. The molecular weight excluding hydrogens is 866 g/mol. The number of phenolic OH excluding ortho intramolecular Hbond substituents is 2. The third kappa shape index (κ3) is 17.1. The summed E-state index contributed by atoms with van der Waals surface area (Å²) in [4.78, 5) is 102. The van der Waals surface area contributed by atoms with Gasteiger partial charge in [-0.25, -0.2) is 4.79 Å². The van der Waals surface area contributed by atoms with Gasteiger partial charge in [-0.15, -0.1) is 0 Å². The number of phenols is 2. The third-order valence-electron chi connectivity index (χ3n) is 9.75. The molecule has 0 aliphatic carbocycles. The molecule has 1 fully saturated rings. The van der Waals surface area contributed by atoms with E-state index in [0.717, 1.165) is 0 Å². The number of carboxylic acids is 1. The van der Waals surface area contributed by atoms with Gasteiger partial charge in [0.15, 0.2) is 0 Å². The van der Waals surface area contributed by atoms with Gasteiger partial charge < -0.3 is 63.4 Å². The van der Waals surface area contributed by atoms with Crippen LogP contribution in [0, 0.1) is 0 Å². The van der Waals surface area contributed by atoms with Gasteiger partial charge in [-0.2, -0.15) is 13.2 Å². The Morgan fingerprint density at radius 2 is 1.25 bits per heavy atom. The SMILES string of the molecule is C[C@@H](NC(=O)[C@@H](N)Cc1ccc(O)cc1)C(=O)N[C@@H](Cc1ccccc1)C(=O)NCC(=O)N[C@@H](Cc1ccc(O)cc1)C(=O)N1CCC[C@H]1C(=O)N[C@@H](CO)C(N)=O.O=C(O)C(F)(F)F. The average molecular weight is 917 g/mol. The molecule has 0 saturated carbocycles. The van der Waals surface area contributed by atoms with Gasteiger partial charge in [-0.05, 0) is 67.1 Å². The number of likely N-dealkylation sites (tertiary alicyclic amines) is 1. The molecule has 3 aromatic rings. The maximum atomic E-state index is 14.0. The molecular formula is C42H51F3N8O12. The molecule has 4 rings (SSSR count). The van der Waals surface area contributed by atoms with Crippen LogP contribution in [0.15, 0.2) is 78.9 Å². The minimum atomic E-state index is -5.08. The van der Waals surface area contributed by atoms with Crippen LogP contribution in [-0.2, 0) is 57.6 Å². The Bertz CT molecular complexity index is 2130. The quantitative estimate of drug-likeness (QED) is 0.0662. The summed E-state index contributed by atoms with van der Waals surface area (Å²) in [5.41, 5.74) is 13.2. The summed E-state index contributed by atoms with van der Waals surface area (Å²) in [6.45, 7) is 0.225. The molecule has 1 heterocycles. The van der Waals surface area contributed by atoms with Gasteiger partial charge in [0.2, 0.25) is 41.4 Å². The number of aromatic hydroxyl groups is 2. The van der Waals surface area contributed by atoms with Crippen LogP contribution in [0.1, 0.15) is 36.5 Å². The van der Waals surface area contributed by atoms with Crippen molar-refractivity contribution >= 4 is 47.3 Å². The minimum absolute atomic E-state index is 0.0222. The number of benzene rings is 3. The molecule has 0 aromatic heterocycles. The maximum Gasteiger partial charge on any atom is 0.490 e. The molecule has 20 nitrogen and oxygen atoms in total. The highest BCUT2D eigenvalue weighted by molar-refractivity contribution is 5.96. The Morgan fingerprint density at radius 1 is 0.723 bits per heavy atom. The number of aliphatic carboxylic acids is 1. The lowest BCUT2D eigenvalue weighted by Gasteiger charge is -2.29. The van der Waals surface area contributed by atoms with Gasteiger partial charge in [0.05, 0.1) is 19.2 Å². The molecule has 0 unspecified atom stereocenters. The van der Waals surface area contributed by atoms with Gasteiger partial charge in [0.25, 0.3) is 0 Å². The Labute approximate surface area is 369 Å². The predicted molar refractivity (Wildman–Crippen MR) is 223 cm³/mol. The van der Waals surface area contributed by atoms with Gasteiger partial charge in [0.1, 0.15) is 41.7 Å². The predicted octanol–water partition coefficient (Wildman–Crippen LogP) is -1.37. The molecule has 0 bridgehead atoms. The minimum Gasteiger partial charge on any atom is -0.508 e. The van der Waals surface area contributed by atoms with E-state index in [-0.39, 0.29) is 43.7 Å². The van der Waals surface area contributed by atoms with Crippen LogP contribution in [0.4, 0.5) is 13.2 Å². The first-order valence-electron chi connectivity index (χ1n) is 19.9. The van der Waals surface area contributed by atoms with Crippen molar-refractivity contribution in [1.82, 2.24) is 31.5 Å². The standard InChI is InChI=1S/C40H50N8O10.C2HF3O2/c1-23(44-37(55)29(41)18-25-9-13-27(50)14-10-25)36(54)46-30(19-24-6-3-2-4-7-24)38(56)43-21-34(52)45-31(20-26-11-15-28(51)16-12-26)40(58)48-17-5-8-33(48)39(57)47-32(22-49)35(42)53;3-2(4,5)1(6)7/h2-4,6-7,9-16,23,29-33,49-51H,5,8,17-22,41H2,1H3,(H2,42,53)(H,43,56)(H,44,55)(H,45,52)(H,46,54)(H,47,57);(H,6,7)/t23-,29+,30+,31+,32+,33+;/m1./s1. The normalized spacial score (nSPS) is 15.6. The van der Waals surface area contributed by atoms with Crippen molar-refractivity contribution in [1.29, 1.82) is 0 Å². The van der Waals surface area contributed by atoms with Crippen LogP contribution in [0.5, 0.6) is 11.5 Å². The topological polar surface area (TPSA) is 333 Å². The molecule has 3 aromatic carbocycles. The number of halogens is 3. The van der Waals surface area contributed by atoms with E-state index in [4.69, 9.17) is 21.4 Å². The van der Waals surface area contributed by atoms with Gasteiger partial charge in [-0.1, -0.05) is 54.6 Å². The van der Waals surface area contributed by atoms with Gasteiger partial charge >= 0.3 is 12.1 Å². The van der Waals surface area contributed by atoms with Crippen LogP contribution in [0.2, 0.25) is 0 Å². The molecule has 13 N–H and O–H groups in total. The second-order valence-corrected chi connectivity index (χ2v) is 14.8. The fourth-order valence-electron chi connectivity index (χ4n) is 6.30. The largest absolute Gasteiger partial charge is 0.508 e. The van der Waals surface area contributed by atoms with Crippen molar-refractivity contribution in [3.63, 3.8) is 0 Å². The van der Waals surface area contributed by atoms with E-state index in [1.54, 1.807) is 54.6 Å². The number of aliphatic hydroxyl groups is 1. The summed E-state index contributed by atoms with van der Waals surface area (Å²) in [6.07, 6.45) is -4.30. The number of primary amides is 1. The van der Waals surface area contributed by atoms with Crippen LogP contribution in [0.3, 0.4) is 0 Å². The highest BCUT2D eigenvalue weighted by atomic mass is 19.4. The first kappa shape index (κ1) is 52.1. The van der Waals surface area contributed by atoms with E-state index in [9.17, 15) is 62.1 Å². The van der Waals surface area contributed by atoms with Crippen LogP contribution in [0.25, 0.3) is 0 Å². The number of rotatable bonds is 19. The van der Waals surface area contributed by atoms with Crippen molar-refractivity contribution in [2.24, 2.45) is 11.5 Å². The summed E-state index contributed by atoms with van der Waals surface area (Å²) in [7, 11) is 0. The number of hydrogen-bond donors (Lipinski definition) is 11. The summed E-state index contributed by atoms with van der Waals surface area (Å²) in [6, 6.07) is 13.9. The molecule has 0 radical (unpaired) electrons. The number of carboxylic acid groups (broad SMARTS) is 1. The van der Waals surface area contributed by atoms with E-state index >= 15 is 0 Å². The summed E-state index contributed by atoms with van der Waals surface area (Å²) in [5, 5.41) is 48.5. The number of carbonyl (C=O) groups is 8. The second kappa shape index (κ2) is 24.5. The molecule has 1 aliphatic rings. The number of hydrogen-bond acceptors (Lipinski definition) is 12. The smallest absolute Gasteiger partial charge is 0.490 e. The molecule has 0 spiro atoms. The lowest BCUT2D eigenvalue weighted by atomic mass is 10.0. The molecule has 23 heteroatoms.